The molecule has 0 atom stereocenters. The molecule has 0 aliphatic carbocycles. The second kappa shape index (κ2) is 8.84. The number of rotatable bonds is 8. The molecule has 0 aromatic heterocycles. The summed E-state index contributed by atoms with van der Waals surface area (Å²) >= 11 is 11.8. The SMILES string of the molecule is CN(C)CCN(CCC(=O)Nc1ccc(Cl)cc1Cl)S(C)(=O)=O. The van der Waals surface area contributed by atoms with Gasteiger partial charge in [0.2, 0.25) is 15.9 Å². The van der Waals surface area contributed by atoms with Gasteiger partial charge in [0.05, 0.1) is 17.0 Å². The van der Waals surface area contributed by atoms with E-state index in [9.17, 15) is 13.2 Å². The number of nitrogens with one attached hydrogen (secondary N) is 1. The number of carbonyl (C=O) groups excluding carboxylic acids is 1. The van der Waals surface area contributed by atoms with E-state index in [-0.39, 0.29) is 18.9 Å². The zero-order chi connectivity index (χ0) is 17.6. The van der Waals surface area contributed by atoms with Gasteiger partial charge in [0.1, 0.15) is 0 Å². The Kier molecular flexibility index (Phi) is 7.76. The average Bonchev–Trinajstić information content (AvgIpc) is 2.40. The van der Waals surface area contributed by atoms with Crippen LogP contribution in [0.2, 0.25) is 10.0 Å². The Morgan fingerprint density at radius 3 is 2.35 bits per heavy atom. The van der Waals surface area contributed by atoms with Crippen LogP contribution in [0.25, 0.3) is 0 Å². The number of hydrogen-bond acceptors (Lipinski definition) is 4. The zero-order valence-electron chi connectivity index (χ0n) is 13.3. The van der Waals surface area contributed by atoms with Crippen LogP contribution in [0.1, 0.15) is 6.42 Å². The van der Waals surface area contributed by atoms with Crippen molar-refractivity contribution in [2.75, 3.05) is 45.3 Å². The molecule has 0 radical (unpaired) electrons. The van der Waals surface area contributed by atoms with Crippen LogP contribution >= 0.6 is 23.2 Å². The molecule has 0 bridgehead atoms. The van der Waals surface area contributed by atoms with Gasteiger partial charge in [0.25, 0.3) is 0 Å². The lowest BCUT2D eigenvalue weighted by Crippen LogP contribution is -2.37. The van der Waals surface area contributed by atoms with Crippen LogP contribution in [0.3, 0.4) is 0 Å². The van der Waals surface area contributed by atoms with Gasteiger partial charge in [0.15, 0.2) is 0 Å². The Labute approximate surface area is 147 Å². The van der Waals surface area contributed by atoms with Crippen LogP contribution in [-0.2, 0) is 14.8 Å². The number of carbonyl (C=O) groups is 1. The van der Waals surface area contributed by atoms with E-state index in [1.807, 2.05) is 19.0 Å². The lowest BCUT2D eigenvalue weighted by Gasteiger charge is -2.21. The normalized spacial score (nSPS) is 12.0. The summed E-state index contributed by atoms with van der Waals surface area (Å²) in [7, 11) is 0.354. The van der Waals surface area contributed by atoms with Gasteiger partial charge in [-0.2, -0.15) is 0 Å². The fourth-order valence-electron chi connectivity index (χ4n) is 1.78. The topological polar surface area (TPSA) is 69.7 Å². The minimum absolute atomic E-state index is 0.0411. The molecule has 130 valence electrons. The monoisotopic (exact) mass is 381 g/mol. The summed E-state index contributed by atoms with van der Waals surface area (Å²) in [6.45, 7) is 1.03. The maximum Gasteiger partial charge on any atom is 0.225 e. The van der Waals surface area contributed by atoms with Gasteiger partial charge in [-0.3, -0.25) is 4.79 Å². The van der Waals surface area contributed by atoms with E-state index in [1.165, 1.54) is 10.4 Å². The Balaban J connectivity index is 2.61. The first-order valence-electron chi connectivity index (χ1n) is 6.94. The van der Waals surface area contributed by atoms with Crippen LogP contribution in [0.15, 0.2) is 18.2 Å². The summed E-state index contributed by atoms with van der Waals surface area (Å²) in [5.41, 5.74) is 0.445. The number of benzene rings is 1. The predicted molar refractivity (Wildman–Crippen MR) is 94.7 cm³/mol. The number of amides is 1. The van der Waals surface area contributed by atoms with Crippen molar-refractivity contribution in [2.24, 2.45) is 0 Å². The first kappa shape index (κ1) is 20.2. The van der Waals surface area contributed by atoms with E-state index < -0.39 is 10.0 Å². The van der Waals surface area contributed by atoms with E-state index in [0.29, 0.717) is 28.8 Å². The van der Waals surface area contributed by atoms with E-state index in [1.54, 1.807) is 12.1 Å². The lowest BCUT2D eigenvalue weighted by atomic mass is 10.3. The molecule has 0 saturated carbocycles. The third-order valence-electron chi connectivity index (χ3n) is 3.06. The highest BCUT2D eigenvalue weighted by Gasteiger charge is 2.18. The molecule has 0 aliphatic heterocycles. The smallest absolute Gasteiger partial charge is 0.225 e. The lowest BCUT2D eigenvalue weighted by molar-refractivity contribution is -0.116. The van der Waals surface area contributed by atoms with Crippen LogP contribution in [0.4, 0.5) is 5.69 Å². The maximum absolute atomic E-state index is 12.0. The number of halogens is 2. The highest BCUT2D eigenvalue weighted by molar-refractivity contribution is 7.88. The number of sulfonamides is 1. The number of nitrogens with zero attached hydrogens (tertiary/aromatic N) is 2. The zero-order valence-corrected chi connectivity index (χ0v) is 15.7. The molecule has 0 spiro atoms. The van der Waals surface area contributed by atoms with E-state index in [0.717, 1.165) is 6.26 Å². The van der Waals surface area contributed by atoms with Crippen molar-refractivity contribution >= 4 is 44.8 Å². The fourth-order valence-corrected chi connectivity index (χ4v) is 3.08. The van der Waals surface area contributed by atoms with Crippen molar-refractivity contribution in [2.45, 2.75) is 6.42 Å². The minimum atomic E-state index is -3.36. The van der Waals surface area contributed by atoms with Crippen LogP contribution in [-0.4, -0.2) is 63.5 Å². The van der Waals surface area contributed by atoms with E-state index in [2.05, 4.69) is 5.32 Å². The predicted octanol–water partition coefficient (Wildman–Crippen LogP) is 2.15. The fraction of sp³-hybridized carbons (Fsp3) is 0.500. The number of hydrogen-bond donors (Lipinski definition) is 1. The highest BCUT2D eigenvalue weighted by Crippen LogP contribution is 2.25. The maximum atomic E-state index is 12.0. The quantitative estimate of drug-likeness (QED) is 0.748. The molecular weight excluding hydrogens is 361 g/mol. The van der Waals surface area contributed by atoms with Gasteiger partial charge in [-0.05, 0) is 32.3 Å². The Morgan fingerprint density at radius 2 is 1.83 bits per heavy atom. The molecule has 1 aromatic carbocycles. The van der Waals surface area contributed by atoms with Crippen LogP contribution < -0.4 is 5.32 Å². The second-order valence-corrected chi connectivity index (χ2v) is 8.21. The second-order valence-electron chi connectivity index (χ2n) is 5.39. The van der Waals surface area contributed by atoms with Crippen molar-refractivity contribution < 1.29 is 13.2 Å². The molecular formula is C14H21Cl2N3O3S. The largest absolute Gasteiger partial charge is 0.325 e. The number of anilines is 1. The molecule has 0 saturated heterocycles. The van der Waals surface area contributed by atoms with Crippen LogP contribution in [0, 0.1) is 0 Å². The van der Waals surface area contributed by atoms with Gasteiger partial charge in [-0.25, -0.2) is 12.7 Å². The number of likely N-dealkylation sites (N-methyl/N-ethyl adjacent to an activating group) is 1. The molecule has 6 nitrogen and oxygen atoms in total. The first-order chi connectivity index (χ1) is 10.6. The molecule has 0 unspecified atom stereocenters. The van der Waals surface area contributed by atoms with Crippen molar-refractivity contribution in [1.82, 2.24) is 9.21 Å². The molecule has 23 heavy (non-hydrogen) atoms. The summed E-state index contributed by atoms with van der Waals surface area (Å²) in [5.74, 6) is -0.312. The first-order valence-corrected chi connectivity index (χ1v) is 9.55. The Morgan fingerprint density at radius 1 is 1.17 bits per heavy atom. The van der Waals surface area contributed by atoms with Crippen LogP contribution in [0.5, 0.6) is 0 Å². The van der Waals surface area contributed by atoms with Gasteiger partial charge >= 0.3 is 0 Å². The van der Waals surface area contributed by atoms with E-state index in [4.69, 9.17) is 23.2 Å². The Hall–Kier alpha value is -0.860. The molecule has 1 N–H and O–H groups in total. The minimum Gasteiger partial charge on any atom is -0.325 e. The molecule has 9 heteroatoms. The van der Waals surface area contributed by atoms with E-state index >= 15 is 0 Å². The highest BCUT2D eigenvalue weighted by atomic mass is 35.5. The van der Waals surface area contributed by atoms with Crippen molar-refractivity contribution in [3.8, 4) is 0 Å². The molecule has 1 rings (SSSR count). The summed E-state index contributed by atoms with van der Waals surface area (Å²) < 4.78 is 24.8. The van der Waals surface area contributed by atoms with Gasteiger partial charge < -0.3 is 10.2 Å². The van der Waals surface area contributed by atoms with Crippen molar-refractivity contribution in [3.05, 3.63) is 28.2 Å². The van der Waals surface area contributed by atoms with Crippen molar-refractivity contribution in [1.29, 1.82) is 0 Å². The average molecular weight is 382 g/mol. The summed E-state index contributed by atoms with van der Waals surface area (Å²) in [4.78, 5) is 13.9. The third-order valence-corrected chi connectivity index (χ3v) is 4.91. The molecule has 0 aliphatic rings. The summed E-state index contributed by atoms with van der Waals surface area (Å²) in [5, 5.41) is 3.45. The molecule has 0 heterocycles. The molecule has 1 amide bonds. The summed E-state index contributed by atoms with van der Waals surface area (Å²) in [6, 6.07) is 4.74. The summed E-state index contributed by atoms with van der Waals surface area (Å²) in [6.07, 6.45) is 1.18. The standard InChI is InChI=1S/C14H21Cl2N3O3S/c1-18(2)8-9-19(23(3,21)22)7-6-14(20)17-13-5-4-11(15)10-12(13)16/h4-5,10H,6-9H2,1-3H3,(H,17,20). The Bertz CT molecular complexity index is 651. The molecule has 0 fully saturated rings. The van der Waals surface area contributed by atoms with Gasteiger partial charge in [0, 0.05) is 31.1 Å². The third kappa shape index (κ3) is 7.50. The van der Waals surface area contributed by atoms with Gasteiger partial charge in [-0.1, -0.05) is 23.2 Å². The molecule has 1 aromatic rings. The van der Waals surface area contributed by atoms with Crippen molar-refractivity contribution in [3.63, 3.8) is 0 Å². The van der Waals surface area contributed by atoms with Gasteiger partial charge in [-0.15, -0.1) is 0 Å².